The Morgan fingerprint density at radius 2 is 1.80 bits per heavy atom. The zero-order valence-corrected chi connectivity index (χ0v) is 19.1. The van der Waals surface area contributed by atoms with E-state index in [1.165, 1.54) is 6.07 Å². The normalized spacial score (nSPS) is 11.8. The lowest BCUT2D eigenvalue weighted by Crippen LogP contribution is -2.31. The first kappa shape index (κ1) is 23.9. The van der Waals surface area contributed by atoms with Crippen molar-refractivity contribution in [3.63, 3.8) is 0 Å². The number of aryl methyl sites for hydroxylation is 2. The maximum absolute atomic E-state index is 12.1. The third-order valence-corrected chi connectivity index (χ3v) is 4.92. The molecule has 1 N–H and O–H groups in total. The van der Waals surface area contributed by atoms with Gasteiger partial charge in [0.25, 0.3) is 0 Å². The molecule has 2 aromatic rings. The molecule has 0 spiro atoms. The molecule has 30 heavy (non-hydrogen) atoms. The predicted octanol–water partition coefficient (Wildman–Crippen LogP) is 4.42. The predicted molar refractivity (Wildman–Crippen MR) is 119 cm³/mol. The fraction of sp³-hybridized carbons (Fsp3) is 0.583. The van der Waals surface area contributed by atoms with Gasteiger partial charge in [-0.15, -0.1) is 0 Å². The lowest BCUT2D eigenvalue weighted by molar-refractivity contribution is -0.143. The fourth-order valence-electron chi connectivity index (χ4n) is 3.83. The topological polar surface area (TPSA) is 80.0 Å². The summed E-state index contributed by atoms with van der Waals surface area (Å²) in [6.07, 6.45) is 0.546. The van der Waals surface area contributed by atoms with Gasteiger partial charge in [0.05, 0.1) is 12.2 Å². The van der Waals surface area contributed by atoms with Crippen LogP contribution in [0.4, 0.5) is 0 Å². The number of ether oxygens (including phenoxy) is 1. The summed E-state index contributed by atoms with van der Waals surface area (Å²) in [6.45, 7) is 14.8. The van der Waals surface area contributed by atoms with E-state index in [-0.39, 0.29) is 18.1 Å². The number of aromatic hydroxyl groups is 1. The summed E-state index contributed by atoms with van der Waals surface area (Å²) in [4.78, 5) is 26.2. The number of phenolic OH excluding ortho intramolecular Hbond substituents is 1. The molecule has 2 rings (SSSR count). The molecule has 6 heteroatoms. The van der Waals surface area contributed by atoms with Crippen molar-refractivity contribution in [3.8, 4) is 5.75 Å². The van der Waals surface area contributed by atoms with Crippen molar-refractivity contribution in [2.75, 3.05) is 19.7 Å². The second kappa shape index (κ2) is 10.6. The van der Waals surface area contributed by atoms with Gasteiger partial charge < -0.3 is 14.3 Å². The molecule has 0 saturated heterocycles. The van der Waals surface area contributed by atoms with Crippen LogP contribution >= 0.6 is 0 Å². The first-order valence-electron chi connectivity index (χ1n) is 10.8. The number of nitrogens with zero attached hydrogens (tertiary/aromatic N) is 1. The average molecular weight is 418 g/mol. The van der Waals surface area contributed by atoms with E-state index in [1.54, 1.807) is 6.92 Å². The van der Waals surface area contributed by atoms with Gasteiger partial charge in [0.1, 0.15) is 11.3 Å². The van der Waals surface area contributed by atoms with Gasteiger partial charge in [-0.25, -0.2) is 4.79 Å². The molecule has 6 nitrogen and oxygen atoms in total. The standard InChI is InChI=1S/C24H35NO5/c1-7-29-21(26)9-8-18-11-19-17(6)10-22(27)30-24(19)20(23(18)28)14-25(12-15(2)3)13-16(4)5/h10-11,15-16,28H,7-9,12-14H2,1-6H3. The molecule has 0 aliphatic rings. The second-order valence-corrected chi connectivity index (χ2v) is 8.77. The highest BCUT2D eigenvalue weighted by atomic mass is 16.5. The average Bonchev–Trinajstić information content (AvgIpc) is 2.62. The zero-order valence-electron chi connectivity index (χ0n) is 19.1. The van der Waals surface area contributed by atoms with E-state index < -0.39 is 5.63 Å². The van der Waals surface area contributed by atoms with E-state index in [2.05, 4.69) is 32.6 Å². The van der Waals surface area contributed by atoms with Crippen molar-refractivity contribution in [1.29, 1.82) is 0 Å². The summed E-state index contributed by atoms with van der Waals surface area (Å²) in [6, 6.07) is 3.28. The van der Waals surface area contributed by atoms with Gasteiger partial charge in [-0.1, -0.05) is 27.7 Å². The quantitative estimate of drug-likeness (QED) is 0.455. The molecule has 0 unspecified atom stereocenters. The Morgan fingerprint density at radius 3 is 2.37 bits per heavy atom. The van der Waals surface area contributed by atoms with Gasteiger partial charge in [0.15, 0.2) is 0 Å². The fourth-order valence-corrected chi connectivity index (χ4v) is 3.83. The van der Waals surface area contributed by atoms with Crippen molar-refractivity contribution in [2.45, 2.75) is 60.9 Å². The molecule has 0 amide bonds. The number of hydrogen-bond acceptors (Lipinski definition) is 6. The van der Waals surface area contributed by atoms with Crippen molar-refractivity contribution in [1.82, 2.24) is 4.90 Å². The van der Waals surface area contributed by atoms with Crippen molar-refractivity contribution in [3.05, 3.63) is 39.2 Å². The third kappa shape index (κ3) is 6.33. The Kier molecular flexibility index (Phi) is 8.47. The molecular weight excluding hydrogens is 382 g/mol. The maximum atomic E-state index is 12.1. The number of carbonyl (C=O) groups excluding carboxylic acids is 1. The number of hydrogen-bond donors (Lipinski definition) is 1. The van der Waals surface area contributed by atoms with Gasteiger partial charge >= 0.3 is 11.6 Å². The van der Waals surface area contributed by atoms with Crippen LogP contribution in [0.5, 0.6) is 5.75 Å². The molecule has 0 radical (unpaired) electrons. The Labute approximate surface area is 178 Å². The van der Waals surface area contributed by atoms with Crippen molar-refractivity contribution >= 4 is 16.9 Å². The van der Waals surface area contributed by atoms with Crippen LogP contribution in [0.3, 0.4) is 0 Å². The van der Waals surface area contributed by atoms with E-state index >= 15 is 0 Å². The number of phenols is 1. The molecule has 0 aliphatic carbocycles. The maximum Gasteiger partial charge on any atom is 0.336 e. The third-order valence-electron chi connectivity index (χ3n) is 4.92. The van der Waals surface area contributed by atoms with Crippen LogP contribution in [0.1, 0.15) is 57.7 Å². The highest BCUT2D eigenvalue weighted by Crippen LogP contribution is 2.34. The molecule has 1 aromatic carbocycles. The summed E-state index contributed by atoms with van der Waals surface area (Å²) >= 11 is 0. The summed E-state index contributed by atoms with van der Waals surface area (Å²) < 4.78 is 10.6. The Hall–Kier alpha value is -2.34. The van der Waals surface area contributed by atoms with Crippen LogP contribution in [-0.4, -0.2) is 35.7 Å². The number of carbonyl (C=O) groups is 1. The van der Waals surface area contributed by atoms with E-state index in [0.29, 0.717) is 48.1 Å². The molecule has 0 bridgehead atoms. The van der Waals surface area contributed by atoms with Crippen molar-refractivity contribution < 1.29 is 19.1 Å². The van der Waals surface area contributed by atoms with E-state index in [0.717, 1.165) is 24.0 Å². The minimum Gasteiger partial charge on any atom is -0.507 e. The zero-order chi connectivity index (χ0) is 22.4. The van der Waals surface area contributed by atoms with Crippen molar-refractivity contribution in [2.24, 2.45) is 11.8 Å². The first-order valence-corrected chi connectivity index (χ1v) is 10.8. The smallest absolute Gasteiger partial charge is 0.336 e. The van der Waals surface area contributed by atoms with Crippen LogP contribution in [0.25, 0.3) is 11.0 Å². The van der Waals surface area contributed by atoms with Gasteiger partial charge in [-0.05, 0) is 49.3 Å². The van der Waals surface area contributed by atoms with Crippen LogP contribution in [0, 0.1) is 18.8 Å². The van der Waals surface area contributed by atoms with E-state index in [1.807, 2.05) is 13.0 Å². The molecule has 1 heterocycles. The molecule has 0 aliphatic heterocycles. The summed E-state index contributed by atoms with van der Waals surface area (Å²) in [5, 5.41) is 11.9. The van der Waals surface area contributed by atoms with Crippen LogP contribution < -0.4 is 5.63 Å². The Bertz CT molecular complexity index is 919. The lowest BCUT2D eigenvalue weighted by Gasteiger charge is -2.27. The molecule has 0 atom stereocenters. The van der Waals surface area contributed by atoms with Gasteiger partial charge in [0.2, 0.25) is 0 Å². The minimum absolute atomic E-state index is 0.0954. The first-order chi connectivity index (χ1) is 14.1. The Balaban J connectivity index is 2.54. The van der Waals surface area contributed by atoms with Crippen LogP contribution in [-0.2, 0) is 22.5 Å². The number of rotatable bonds is 10. The second-order valence-electron chi connectivity index (χ2n) is 8.77. The summed E-state index contributed by atoms with van der Waals surface area (Å²) in [5.74, 6) is 0.713. The monoisotopic (exact) mass is 417 g/mol. The molecule has 0 fully saturated rings. The highest BCUT2D eigenvalue weighted by molar-refractivity contribution is 5.86. The van der Waals surface area contributed by atoms with Gasteiger partial charge in [-0.2, -0.15) is 0 Å². The van der Waals surface area contributed by atoms with Gasteiger partial charge in [0, 0.05) is 37.5 Å². The summed E-state index contributed by atoms with van der Waals surface area (Å²) in [7, 11) is 0. The van der Waals surface area contributed by atoms with Crippen LogP contribution in [0.2, 0.25) is 0 Å². The lowest BCUT2D eigenvalue weighted by atomic mass is 9.97. The SMILES string of the molecule is CCOC(=O)CCc1cc2c(C)cc(=O)oc2c(CN(CC(C)C)CC(C)C)c1O. The molecule has 166 valence electrons. The molecule has 1 aromatic heterocycles. The largest absolute Gasteiger partial charge is 0.507 e. The van der Waals surface area contributed by atoms with Gasteiger partial charge in [-0.3, -0.25) is 9.69 Å². The minimum atomic E-state index is -0.431. The number of fused-ring (bicyclic) bond motifs is 1. The summed E-state index contributed by atoms with van der Waals surface area (Å²) in [5.41, 5.74) is 2.05. The van der Waals surface area contributed by atoms with Crippen LogP contribution in [0.15, 0.2) is 21.3 Å². The van der Waals surface area contributed by atoms with E-state index in [9.17, 15) is 14.7 Å². The number of benzene rings is 1. The Morgan fingerprint density at radius 1 is 1.17 bits per heavy atom. The molecular formula is C24H35NO5. The highest BCUT2D eigenvalue weighted by Gasteiger charge is 2.21. The van der Waals surface area contributed by atoms with E-state index in [4.69, 9.17) is 9.15 Å². The number of esters is 1. The molecule has 0 saturated carbocycles.